The summed E-state index contributed by atoms with van der Waals surface area (Å²) >= 11 is 0. The van der Waals surface area contributed by atoms with Gasteiger partial charge in [0.2, 0.25) is 0 Å². The minimum absolute atomic E-state index is 0. The number of allylic oxidation sites excluding steroid dienone is 2. The van der Waals surface area contributed by atoms with Gasteiger partial charge in [-0.05, 0) is 92.4 Å². The maximum Gasteiger partial charge on any atom is 0.162 e. The van der Waals surface area contributed by atoms with Crippen LogP contribution in [0.2, 0.25) is 0 Å². The minimum atomic E-state index is -0.0119. The largest absolute Gasteiger partial charge is 0.512 e. The molecule has 281 valence electrons. The molecule has 0 aliphatic heterocycles. The van der Waals surface area contributed by atoms with Crippen LogP contribution in [0.3, 0.4) is 0 Å². The zero-order valence-electron chi connectivity index (χ0n) is 33.7. The van der Waals surface area contributed by atoms with Crippen molar-refractivity contribution in [2.45, 2.75) is 95.9 Å². The summed E-state index contributed by atoms with van der Waals surface area (Å²) in [5.41, 5.74) is 4.83. The third kappa shape index (κ3) is 10.6. The summed E-state index contributed by atoms with van der Waals surface area (Å²) in [7, 11) is 0. The number of nitrogens with zero attached hydrogens (tertiary/aromatic N) is 1. The summed E-state index contributed by atoms with van der Waals surface area (Å²) in [5, 5.41) is 17.9. The number of aromatic nitrogens is 1. The molecule has 3 nitrogen and oxygen atoms in total. The maximum atomic E-state index is 12.3. The first kappa shape index (κ1) is 43.1. The van der Waals surface area contributed by atoms with Crippen molar-refractivity contribution in [3.05, 3.63) is 102 Å². The molecular formula is C48H62IrNO2-. The molecule has 0 unspecified atom stereocenters. The van der Waals surface area contributed by atoms with Gasteiger partial charge in [-0.25, -0.2) is 0 Å². The molecule has 0 saturated heterocycles. The van der Waals surface area contributed by atoms with Crippen molar-refractivity contribution < 1.29 is 30.0 Å². The molecule has 52 heavy (non-hydrogen) atoms. The van der Waals surface area contributed by atoms with Crippen molar-refractivity contribution in [2.75, 3.05) is 0 Å². The van der Waals surface area contributed by atoms with Crippen LogP contribution in [0.5, 0.6) is 0 Å². The topological polar surface area (TPSA) is 50.2 Å². The second-order valence-electron chi connectivity index (χ2n) is 16.8. The van der Waals surface area contributed by atoms with E-state index in [1.54, 1.807) is 0 Å². The van der Waals surface area contributed by atoms with Crippen LogP contribution in [0, 0.1) is 53.4 Å². The predicted molar refractivity (Wildman–Crippen MR) is 220 cm³/mol. The fourth-order valence-electron chi connectivity index (χ4n) is 8.15. The third-order valence-corrected chi connectivity index (χ3v) is 10.0. The van der Waals surface area contributed by atoms with E-state index in [0.717, 1.165) is 24.1 Å². The van der Waals surface area contributed by atoms with Crippen molar-refractivity contribution in [1.29, 1.82) is 0 Å². The van der Waals surface area contributed by atoms with Gasteiger partial charge in [0.05, 0.1) is 5.76 Å². The summed E-state index contributed by atoms with van der Waals surface area (Å²) in [6.45, 7) is 25.7. The van der Waals surface area contributed by atoms with E-state index < -0.39 is 0 Å². The Kier molecular flexibility index (Phi) is 15.8. The summed E-state index contributed by atoms with van der Waals surface area (Å²) < 4.78 is 0. The first-order valence-electron chi connectivity index (χ1n) is 19.3. The molecule has 4 heteroatoms. The van der Waals surface area contributed by atoms with Crippen LogP contribution in [-0.2, 0) is 37.7 Å². The molecule has 1 radical (unpaired) electrons. The number of aliphatic hydroxyl groups is 1. The van der Waals surface area contributed by atoms with E-state index >= 15 is 0 Å². The van der Waals surface area contributed by atoms with Gasteiger partial charge in [-0.2, -0.15) is 0 Å². The molecule has 5 rings (SSSR count). The van der Waals surface area contributed by atoms with Crippen LogP contribution in [0.15, 0.2) is 84.8 Å². The molecule has 1 heterocycles. The second kappa shape index (κ2) is 19.1. The Labute approximate surface area is 328 Å². The Hall–Kier alpha value is -3.33. The molecule has 0 atom stereocenters. The van der Waals surface area contributed by atoms with Gasteiger partial charge in [0.25, 0.3) is 0 Å². The van der Waals surface area contributed by atoms with E-state index in [0.29, 0.717) is 35.5 Å². The van der Waals surface area contributed by atoms with E-state index in [1.165, 1.54) is 49.5 Å². The van der Waals surface area contributed by atoms with Crippen molar-refractivity contribution in [3.63, 3.8) is 0 Å². The quantitative estimate of drug-likeness (QED) is 0.0588. The number of rotatable bonds is 12. The van der Waals surface area contributed by atoms with Crippen LogP contribution >= 0.6 is 0 Å². The second-order valence-corrected chi connectivity index (χ2v) is 16.8. The molecule has 0 aliphatic rings. The van der Waals surface area contributed by atoms with E-state index in [9.17, 15) is 9.90 Å². The Balaban J connectivity index is 0.000000317. The molecule has 0 amide bonds. The van der Waals surface area contributed by atoms with Gasteiger partial charge in [-0.3, -0.25) is 4.79 Å². The molecule has 5 aromatic rings. The van der Waals surface area contributed by atoms with Gasteiger partial charge >= 0.3 is 0 Å². The van der Waals surface area contributed by atoms with Gasteiger partial charge in [0, 0.05) is 44.2 Å². The van der Waals surface area contributed by atoms with Crippen molar-refractivity contribution in [2.24, 2.45) is 47.3 Å². The number of fused-ring (bicyclic) bond motifs is 5. The molecule has 0 saturated carbocycles. The number of pyridine rings is 1. The predicted octanol–water partition coefficient (Wildman–Crippen LogP) is 13.3. The van der Waals surface area contributed by atoms with Gasteiger partial charge in [-0.1, -0.05) is 132 Å². The molecule has 1 N–H and O–H groups in total. The number of aliphatic hydroxyl groups excluding tert-OH is 1. The minimum Gasteiger partial charge on any atom is -0.512 e. The number of ketones is 1. The van der Waals surface area contributed by atoms with E-state index in [2.05, 4.69) is 156 Å². The van der Waals surface area contributed by atoms with Crippen molar-refractivity contribution >= 4 is 38.1 Å². The molecule has 1 aromatic heterocycles. The molecule has 0 spiro atoms. The fraction of sp³-hybridized carbons (Fsp3) is 0.458. The van der Waals surface area contributed by atoms with Gasteiger partial charge in [0.1, 0.15) is 0 Å². The van der Waals surface area contributed by atoms with Gasteiger partial charge in [0.15, 0.2) is 5.78 Å². The van der Waals surface area contributed by atoms with Crippen LogP contribution in [0.1, 0.15) is 94.2 Å². The number of hydrogen-bond donors (Lipinski definition) is 1. The number of hydrogen-bond acceptors (Lipinski definition) is 3. The Bertz CT molecular complexity index is 1920. The SMILES string of the molecule is CC(C)C(C(=O)/C=C(\O)C(C(C)C)C(C)C)C(C)C.CC(C)Cc1[c-]c(-c2nccc3c2ccc2c4ccccc4ccc32)cc(CC(C)C)c1.[Ir]. The molecule has 0 bridgehead atoms. The van der Waals surface area contributed by atoms with Gasteiger partial charge < -0.3 is 10.1 Å². The monoisotopic (exact) mass is 877 g/mol. The first-order chi connectivity index (χ1) is 24.1. The standard InChI is InChI=1S/C31H30N.C17H32O2.Ir/c1-20(2)15-22-17-23(16-21(3)4)19-25(18-22)31-30-12-11-27-26-8-6-5-7-24(26)9-10-28(27)29(30)13-14-32-31;1-10(2)16(11(3)4)14(18)9-15(19)17(12(5)6)13(7)8;/h5-14,17-18,20-21H,15-16H2,1-4H3;9-13,16-18H,1-8H3;/q-1;;/b;14-9-;. The zero-order valence-corrected chi connectivity index (χ0v) is 36.1. The number of carbonyl (C=O) groups excluding carboxylic acids is 1. The third-order valence-electron chi connectivity index (χ3n) is 10.0. The van der Waals surface area contributed by atoms with Crippen molar-refractivity contribution in [1.82, 2.24) is 4.98 Å². The average Bonchev–Trinajstić information content (AvgIpc) is 3.02. The Morgan fingerprint density at radius 3 is 1.79 bits per heavy atom. The maximum absolute atomic E-state index is 12.3. The van der Waals surface area contributed by atoms with Crippen LogP contribution in [0.4, 0.5) is 0 Å². The fourth-order valence-corrected chi connectivity index (χ4v) is 8.15. The normalized spacial score (nSPS) is 12.3. The zero-order chi connectivity index (χ0) is 37.6. The van der Waals surface area contributed by atoms with E-state index in [1.807, 2.05) is 6.20 Å². The molecular weight excluding hydrogens is 815 g/mol. The molecule has 4 aromatic carbocycles. The molecule has 0 fully saturated rings. The van der Waals surface area contributed by atoms with E-state index in [-0.39, 0.29) is 43.5 Å². The van der Waals surface area contributed by atoms with Crippen LogP contribution < -0.4 is 0 Å². The van der Waals surface area contributed by atoms with Crippen molar-refractivity contribution in [3.8, 4) is 11.3 Å². The summed E-state index contributed by atoms with van der Waals surface area (Å²) in [6, 6.07) is 28.1. The smallest absolute Gasteiger partial charge is 0.162 e. The van der Waals surface area contributed by atoms with Crippen LogP contribution in [0.25, 0.3) is 43.6 Å². The van der Waals surface area contributed by atoms with Crippen LogP contribution in [-0.4, -0.2) is 15.9 Å². The van der Waals surface area contributed by atoms with Gasteiger partial charge in [-0.15, -0.1) is 34.9 Å². The summed E-state index contributed by atoms with van der Waals surface area (Å²) in [5.74, 6) is 2.85. The molecule has 0 aliphatic carbocycles. The Morgan fingerprint density at radius 1 is 0.654 bits per heavy atom. The Morgan fingerprint density at radius 2 is 1.19 bits per heavy atom. The first-order valence-corrected chi connectivity index (χ1v) is 19.3. The number of carbonyl (C=O) groups is 1. The number of benzene rings is 4. The average molecular weight is 877 g/mol. The summed E-state index contributed by atoms with van der Waals surface area (Å²) in [6.07, 6.45) is 5.55. The summed E-state index contributed by atoms with van der Waals surface area (Å²) in [4.78, 5) is 17.2. The van der Waals surface area contributed by atoms with E-state index in [4.69, 9.17) is 4.98 Å².